The van der Waals surface area contributed by atoms with Crippen LogP contribution < -0.4 is 5.32 Å². The maximum absolute atomic E-state index is 12.4. The number of hydrogen-bond acceptors (Lipinski definition) is 4. The molecule has 120 valence electrons. The van der Waals surface area contributed by atoms with E-state index in [4.69, 9.17) is 9.47 Å². The van der Waals surface area contributed by atoms with Crippen LogP contribution in [0.1, 0.15) is 38.5 Å². The maximum atomic E-state index is 12.4. The second-order valence-electron chi connectivity index (χ2n) is 7.04. The van der Waals surface area contributed by atoms with Crippen LogP contribution in [0.25, 0.3) is 0 Å². The van der Waals surface area contributed by atoms with Crippen molar-refractivity contribution in [3.05, 3.63) is 0 Å². The number of hydrogen-bond donors (Lipinski definition) is 1. The van der Waals surface area contributed by atoms with Gasteiger partial charge in [-0.1, -0.05) is 0 Å². The minimum absolute atomic E-state index is 0.112. The molecule has 2 saturated carbocycles. The van der Waals surface area contributed by atoms with Crippen molar-refractivity contribution in [1.82, 2.24) is 10.2 Å². The first-order valence-corrected chi connectivity index (χ1v) is 8.18. The van der Waals surface area contributed by atoms with Crippen molar-refractivity contribution in [2.45, 2.75) is 56.4 Å². The van der Waals surface area contributed by atoms with Crippen LogP contribution in [-0.2, 0) is 14.3 Å². The number of likely N-dealkylation sites (tertiary alicyclic amines) is 1. The second-order valence-corrected chi connectivity index (χ2v) is 7.04. The molecule has 0 bridgehead atoms. The Bertz CT molecular complexity index is 393. The van der Waals surface area contributed by atoms with Gasteiger partial charge in [0.05, 0.1) is 5.92 Å². The molecule has 1 saturated heterocycles. The van der Waals surface area contributed by atoms with Crippen LogP contribution in [0.3, 0.4) is 0 Å². The van der Waals surface area contributed by atoms with Crippen LogP contribution in [0.5, 0.6) is 0 Å². The average molecular weight is 296 g/mol. The van der Waals surface area contributed by atoms with E-state index in [1.54, 1.807) is 14.2 Å². The van der Waals surface area contributed by atoms with Crippen molar-refractivity contribution in [3.8, 4) is 0 Å². The van der Waals surface area contributed by atoms with E-state index in [0.29, 0.717) is 18.0 Å². The molecular formula is C16H28N2O3. The van der Waals surface area contributed by atoms with Crippen molar-refractivity contribution >= 4 is 5.91 Å². The summed E-state index contributed by atoms with van der Waals surface area (Å²) in [6, 6.07) is 1.01. The SMILES string of the molecule is COC1(OC)CC[C@@H]2[C@H](C[C@@H](C(=O)NC3CC3)CN2C)C1. The molecule has 1 N–H and O–H groups in total. The lowest BCUT2D eigenvalue weighted by Gasteiger charge is -2.50. The van der Waals surface area contributed by atoms with Gasteiger partial charge >= 0.3 is 0 Å². The number of fused-ring (bicyclic) bond motifs is 1. The molecule has 5 heteroatoms. The number of nitrogens with zero attached hydrogens (tertiary/aromatic N) is 1. The fourth-order valence-electron chi connectivity index (χ4n) is 4.18. The number of nitrogens with one attached hydrogen (secondary N) is 1. The van der Waals surface area contributed by atoms with Gasteiger partial charge in [-0.3, -0.25) is 4.79 Å². The van der Waals surface area contributed by atoms with E-state index < -0.39 is 5.79 Å². The van der Waals surface area contributed by atoms with Crippen LogP contribution in [-0.4, -0.2) is 56.5 Å². The van der Waals surface area contributed by atoms with Gasteiger partial charge in [0.15, 0.2) is 5.79 Å². The Morgan fingerprint density at radius 2 is 1.95 bits per heavy atom. The number of methoxy groups -OCH3 is 2. The van der Waals surface area contributed by atoms with E-state index in [2.05, 4.69) is 17.3 Å². The summed E-state index contributed by atoms with van der Waals surface area (Å²) >= 11 is 0. The molecule has 0 aromatic heterocycles. The summed E-state index contributed by atoms with van der Waals surface area (Å²) < 4.78 is 11.3. The molecule has 3 aliphatic rings. The molecule has 0 aromatic carbocycles. The fraction of sp³-hybridized carbons (Fsp3) is 0.938. The van der Waals surface area contributed by atoms with Crippen LogP contribution in [0.4, 0.5) is 0 Å². The molecule has 1 aliphatic heterocycles. The molecular weight excluding hydrogens is 268 g/mol. The summed E-state index contributed by atoms with van der Waals surface area (Å²) in [5.74, 6) is 0.388. The highest BCUT2D eigenvalue weighted by molar-refractivity contribution is 5.79. The Hall–Kier alpha value is -0.650. The predicted molar refractivity (Wildman–Crippen MR) is 79.8 cm³/mol. The number of carbonyl (C=O) groups is 1. The largest absolute Gasteiger partial charge is 0.353 e. The fourth-order valence-corrected chi connectivity index (χ4v) is 4.18. The lowest BCUT2D eigenvalue weighted by atomic mass is 9.72. The standard InChI is InChI=1S/C16H28N2O3/c1-18-10-12(15(19)17-13-4-5-13)8-11-9-16(20-2,21-3)7-6-14(11)18/h11-14H,4-10H2,1-3H3,(H,17,19)/t11-,12-,14-/m1/s1. The minimum atomic E-state index is -0.448. The van der Waals surface area contributed by atoms with E-state index >= 15 is 0 Å². The third-order valence-corrected chi connectivity index (χ3v) is 5.64. The smallest absolute Gasteiger partial charge is 0.224 e. The summed E-state index contributed by atoms with van der Waals surface area (Å²) in [6.07, 6.45) is 6.17. The number of piperidine rings is 1. The monoisotopic (exact) mass is 296 g/mol. The van der Waals surface area contributed by atoms with Crippen LogP contribution >= 0.6 is 0 Å². The normalized spacial score (nSPS) is 36.0. The van der Waals surface area contributed by atoms with Crippen molar-refractivity contribution in [3.63, 3.8) is 0 Å². The highest BCUT2D eigenvalue weighted by atomic mass is 16.7. The first-order chi connectivity index (χ1) is 10.1. The second kappa shape index (κ2) is 5.86. The molecule has 5 nitrogen and oxygen atoms in total. The van der Waals surface area contributed by atoms with Crippen LogP contribution in [0.2, 0.25) is 0 Å². The van der Waals surface area contributed by atoms with E-state index in [1.165, 1.54) is 0 Å². The highest BCUT2D eigenvalue weighted by Gasteiger charge is 2.47. The Labute approximate surface area is 127 Å². The Balaban J connectivity index is 1.66. The molecule has 1 heterocycles. The van der Waals surface area contributed by atoms with Gasteiger partial charge in [0.25, 0.3) is 0 Å². The van der Waals surface area contributed by atoms with E-state index in [9.17, 15) is 4.79 Å². The first kappa shape index (κ1) is 15.3. The van der Waals surface area contributed by atoms with Crippen LogP contribution in [0.15, 0.2) is 0 Å². The topological polar surface area (TPSA) is 50.8 Å². The van der Waals surface area contributed by atoms with Gasteiger partial charge < -0.3 is 19.7 Å². The van der Waals surface area contributed by atoms with Gasteiger partial charge in [-0.15, -0.1) is 0 Å². The van der Waals surface area contributed by atoms with Crippen molar-refractivity contribution in [2.24, 2.45) is 11.8 Å². The number of amides is 1. The van der Waals surface area contributed by atoms with E-state index in [-0.39, 0.29) is 11.8 Å². The van der Waals surface area contributed by atoms with Gasteiger partial charge in [0, 0.05) is 45.7 Å². The third kappa shape index (κ3) is 3.10. The molecule has 3 fully saturated rings. The molecule has 0 radical (unpaired) electrons. The molecule has 1 amide bonds. The summed E-state index contributed by atoms with van der Waals surface area (Å²) in [4.78, 5) is 14.7. The summed E-state index contributed by atoms with van der Waals surface area (Å²) in [5.41, 5.74) is 0. The van der Waals surface area contributed by atoms with Crippen LogP contribution in [0, 0.1) is 11.8 Å². The highest BCUT2D eigenvalue weighted by Crippen LogP contribution is 2.43. The van der Waals surface area contributed by atoms with Crippen molar-refractivity contribution in [1.29, 1.82) is 0 Å². The molecule has 0 spiro atoms. The molecule has 2 aliphatic carbocycles. The molecule has 0 unspecified atom stereocenters. The van der Waals surface area contributed by atoms with Gasteiger partial charge in [-0.05, 0) is 38.6 Å². The predicted octanol–water partition coefficient (Wildman–Crippen LogP) is 1.37. The average Bonchev–Trinajstić information content (AvgIpc) is 3.30. The van der Waals surface area contributed by atoms with Gasteiger partial charge in [-0.25, -0.2) is 0 Å². The Kier molecular flexibility index (Phi) is 4.26. The molecule has 3 atom stereocenters. The Morgan fingerprint density at radius 1 is 1.24 bits per heavy atom. The zero-order valence-corrected chi connectivity index (χ0v) is 13.4. The number of ether oxygens (including phenoxy) is 2. The first-order valence-electron chi connectivity index (χ1n) is 8.18. The summed E-state index contributed by atoms with van der Waals surface area (Å²) in [5, 5.41) is 3.16. The quantitative estimate of drug-likeness (QED) is 0.796. The lowest BCUT2D eigenvalue weighted by Crippen LogP contribution is -2.56. The van der Waals surface area contributed by atoms with Crippen molar-refractivity contribution in [2.75, 3.05) is 27.8 Å². The minimum Gasteiger partial charge on any atom is -0.353 e. The number of rotatable bonds is 4. The summed E-state index contributed by atoms with van der Waals surface area (Å²) in [6.45, 7) is 0.882. The lowest BCUT2D eigenvalue weighted by molar-refractivity contribution is -0.242. The zero-order chi connectivity index (χ0) is 15.0. The maximum Gasteiger partial charge on any atom is 0.224 e. The summed E-state index contributed by atoms with van der Waals surface area (Å²) in [7, 11) is 5.61. The van der Waals surface area contributed by atoms with Gasteiger partial charge in [0.2, 0.25) is 5.91 Å². The van der Waals surface area contributed by atoms with Gasteiger partial charge in [0.1, 0.15) is 0 Å². The Morgan fingerprint density at radius 3 is 2.57 bits per heavy atom. The number of carbonyl (C=O) groups excluding carboxylic acids is 1. The van der Waals surface area contributed by atoms with E-state index in [0.717, 1.165) is 45.1 Å². The molecule has 3 rings (SSSR count). The van der Waals surface area contributed by atoms with E-state index in [1.807, 2.05) is 0 Å². The van der Waals surface area contributed by atoms with Gasteiger partial charge in [-0.2, -0.15) is 0 Å². The molecule has 21 heavy (non-hydrogen) atoms. The van der Waals surface area contributed by atoms with Crippen molar-refractivity contribution < 1.29 is 14.3 Å². The molecule has 0 aromatic rings. The zero-order valence-electron chi connectivity index (χ0n) is 13.4. The third-order valence-electron chi connectivity index (χ3n) is 5.64.